The molecule has 0 aromatic carbocycles. The van der Waals surface area contributed by atoms with Crippen LogP contribution in [0, 0.1) is 29.1 Å². The van der Waals surface area contributed by atoms with Gasteiger partial charge in [-0.15, -0.1) is 0 Å². The summed E-state index contributed by atoms with van der Waals surface area (Å²) in [5.41, 5.74) is 1.34. The molecule has 0 aromatic rings. The monoisotopic (exact) mass is 374 g/mol. The van der Waals surface area contributed by atoms with Crippen LogP contribution in [0.4, 0.5) is 0 Å². The molecule has 148 valence electrons. The van der Waals surface area contributed by atoms with Crippen molar-refractivity contribution in [3.63, 3.8) is 0 Å². The molecule has 3 fully saturated rings. The van der Waals surface area contributed by atoms with Crippen molar-refractivity contribution in [2.24, 2.45) is 29.1 Å². The summed E-state index contributed by atoms with van der Waals surface area (Å²) in [5, 5.41) is 0. The van der Waals surface area contributed by atoms with Crippen molar-refractivity contribution in [3.05, 3.63) is 11.6 Å². The standard InChI is InChI=1S/C22H30O5/c1-12(23)26-20-11-17-14(10-19(20)25)4-5-16-15(17)8-9-22(3)18(16)6-7-21(22)27-13(2)24/h10,15-18,20-21H,4-9,11H2,1-3H3/t15-,16+,17-,18+,20+,21+,22-/m0/s1. The van der Waals surface area contributed by atoms with Gasteiger partial charge in [0.15, 0.2) is 11.9 Å². The van der Waals surface area contributed by atoms with Crippen LogP contribution in [0.5, 0.6) is 0 Å². The highest BCUT2D eigenvalue weighted by Gasteiger charge is 2.57. The van der Waals surface area contributed by atoms with Gasteiger partial charge in [-0.05, 0) is 74.7 Å². The normalized spacial score (nSPS) is 43.1. The summed E-state index contributed by atoms with van der Waals surface area (Å²) in [6.07, 6.45) is 8.16. The molecule has 0 heterocycles. The zero-order valence-corrected chi connectivity index (χ0v) is 16.5. The number of hydrogen-bond acceptors (Lipinski definition) is 5. The van der Waals surface area contributed by atoms with E-state index in [0.29, 0.717) is 30.1 Å². The van der Waals surface area contributed by atoms with E-state index in [-0.39, 0.29) is 29.2 Å². The van der Waals surface area contributed by atoms with E-state index in [1.165, 1.54) is 19.4 Å². The Labute approximate surface area is 160 Å². The second kappa shape index (κ2) is 6.75. The quantitative estimate of drug-likeness (QED) is 0.691. The molecule has 27 heavy (non-hydrogen) atoms. The molecule has 5 heteroatoms. The molecule has 0 N–H and O–H groups in total. The first-order chi connectivity index (χ1) is 12.8. The van der Waals surface area contributed by atoms with Crippen molar-refractivity contribution in [1.29, 1.82) is 0 Å². The Balaban J connectivity index is 1.55. The van der Waals surface area contributed by atoms with E-state index in [4.69, 9.17) is 9.47 Å². The van der Waals surface area contributed by atoms with Crippen molar-refractivity contribution in [2.45, 2.75) is 77.9 Å². The van der Waals surface area contributed by atoms with Crippen molar-refractivity contribution < 1.29 is 23.9 Å². The van der Waals surface area contributed by atoms with E-state index in [1.807, 2.05) is 0 Å². The summed E-state index contributed by atoms with van der Waals surface area (Å²) < 4.78 is 11.0. The van der Waals surface area contributed by atoms with Gasteiger partial charge in [-0.3, -0.25) is 14.4 Å². The van der Waals surface area contributed by atoms with Gasteiger partial charge in [0.05, 0.1) is 0 Å². The maximum atomic E-state index is 12.3. The van der Waals surface area contributed by atoms with E-state index >= 15 is 0 Å². The fourth-order valence-corrected chi connectivity index (χ4v) is 6.81. The lowest BCUT2D eigenvalue weighted by Gasteiger charge is -2.53. The predicted octanol–water partition coefficient (Wildman–Crippen LogP) is 3.60. The molecule has 4 aliphatic carbocycles. The van der Waals surface area contributed by atoms with Gasteiger partial charge in [0.1, 0.15) is 6.10 Å². The highest BCUT2D eigenvalue weighted by molar-refractivity contribution is 5.96. The Morgan fingerprint density at radius 3 is 2.48 bits per heavy atom. The lowest BCUT2D eigenvalue weighted by atomic mass is 9.52. The average molecular weight is 374 g/mol. The second-order valence-electron chi connectivity index (χ2n) is 9.25. The van der Waals surface area contributed by atoms with Crippen LogP contribution in [0.15, 0.2) is 11.6 Å². The van der Waals surface area contributed by atoms with Crippen molar-refractivity contribution in [3.8, 4) is 0 Å². The number of rotatable bonds is 2. The minimum Gasteiger partial charge on any atom is -0.462 e. The third-order valence-electron chi connectivity index (χ3n) is 7.89. The number of ketones is 1. The zero-order chi connectivity index (χ0) is 19.3. The zero-order valence-electron chi connectivity index (χ0n) is 16.5. The minimum absolute atomic E-state index is 0.0413. The van der Waals surface area contributed by atoms with Crippen molar-refractivity contribution in [2.75, 3.05) is 0 Å². The van der Waals surface area contributed by atoms with E-state index in [0.717, 1.165) is 38.5 Å². The van der Waals surface area contributed by atoms with Crippen molar-refractivity contribution >= 4 is 17.7 Å². The first-order valence-corrected chi connectivity index (χ1v) is 10.4. The number of fused-ring (bicyclic) bond motifs is 5. The van der Waals surface area contributed by atoms with Gasteiger partial charge >= 0.3 is 11.9 Å². The smallest absolute Gasteiger partial charge is 0.303 e. The minimum atomic E-state index is -0.610. The Bertz CT molecular complexity index is 695. The van der Waals surface area contributed by atoms with Crippen LogP contribution in [0.1, 0.15) is 65.7 Å². The van der Waals surface area contributed by atoms with Crippen LogP contribution in [0.25, 0.3) is 0 Å². The molecule has 5 nitrogen and oxygen atoms in total. The third kappa shape index (κ3) is 3.13. The van der Waals surface area contributed by atoms with Gasteiger partial charge in [0, 0.05) is 19.3 Å². The molecule has 0 spiro atoms. The van der Waals surface area contributed by atoms with E-state index in [1.54, 1.807) is 6.08 Å². The lowest BCUT2D eigenvalue weighted by Crippen LogP contribution is -2.49. The molecule has 0 aromatic heterocycles. The maximum Gasteiger partial charge on any atom is 0.303 e. The maximum absolute atomic E-state index is 12.3. The first kappa shape index (κ1) is 18.7. The number of ether oxygens (including phenoxy) is 2. The predicted molar refractivity (Wildman–Crippen MR) is 98.6 cm³/mol. The molecule has 0 bridgehead atoms. The van der Waals surface area contributed by atoms with E-state index in [9.17, 15) is 14.4 Å². The van der Waals surface area contributed by atoms with Crippen LogP contribution in [-0.2, 0) is 23.9 Å². The Kier molecular flexibility index (Phi) is 4.68. The molecule has 0 saturated heterocycles. The lowest BCUT2D eigenvalue weighted by molar-refractivity contribution is -0.158. The fourth-order valence-electron chi connectivity index (χ4n) is 6.81. The molecule has 4 rings (SSSR count). The largest absolute Gasteiger partial charge is 0.462 e. The summed E-state index contributed by atoms with van der Waals surface area (Å²) in [6.45, 7) is 5.19. The summed E-state index contributed by atoms with van der Waals surface area (Å²) in [4.78, 5) is 35.2. The number of hydrogen-bond donors (Lipinski definition) is 0. The molecule has 4 aliphatic rings. The summed E-state index contributed by atoms with van der Waals surface area (Å²) in [7, 11) is 0. The van der Waals surface area contributed by atoms with Gasteiger partial charge in [-0.2, -0.15) is 0 Å². The van der Waals surface area contributed by atoms with Crippen LogP contribution in [0.2, 0.25) is 0 Å². The van der Waals surface area contributed by atoms with Gasteiger partial charge in [-0.25, -0.2) is 0 Å². The number of carbonyl (C=O) groups excluding carboxylic acids is 3. The summed E-state index contributed by atoms with van der Waals surface area (Å²) in [6, 6.07) is 0. The topological polar surface area (TPSA) is 69.7 Å². The fraction of sp³-hybridized carbons (Fsp3) is 0.773. The molecule has 0 radical (unpaired) electrons. The highest BCUT2D eigenvalue weighted by atomic mass is 16.5. The van der Waals surface area contributed by atoms with E-state index < -0.39 is 6.10 Å². The van der Waals surface area contributed by atoms with Crippen LogP contribution >= 0.6 is 0 Å². The van der Waals surface area contributed by atoms with Crippen molar-refractivity contribution in [1.82, 2.24) is 0 Å². The number of carbonyl (C=O) groups is 3. The van der Waals surface area contributed by atoms with Crippen LogP contribution < -0.4 is 0 Å². The first-order valence-electron chi connectivity index (χ1n) is 10.4. The Hall–Kier alpha value is -1.65. The summed E-state index contributed by atoms with van der Waals surface area (Å²) >= 11 is 0. The van der Waals surface area contributed by atoms with Gasteiger partial charge in [-0.1, -0.05) is 12.5 Å². The van der Waals surface area contributed by atoms with E-state index in [2.05, 4.69) is 6.92 Å². The van der Waals surface area contributed by atoms with Crippen LogP contribution in [-0.4, -0.2) is 29.9 Å². The SMILES string of the molecule is CC(=O)O[C@@H]1C[C@H]2C(=CC1=O)CC[C@@H]1[C@@H]2CC[C@@]2(C)[C@@H]1CC[C@H]2OC(C)=O. The molecule has 0 unspecified atom stereocenters. The molecular weight excluding hydrogens is 344 g/mol. The second-order valence-corrected chi connectivity index (χ2v) is 9.25. The van der Waals surface area contributed by atoms with Crippen LogP contribution in [0.3, 0.4) is 0 Å². The highest BCUT2D eigenvalue weighted by Crippen LogP contribution is 2.62. The van der Waals surface area contributed by atoms with Gasteiger partial charge < -0.3 is 9.47 Å². The van der Waals surface area contributed by atoms with Gasteiger partial charge in [0.25, 0.3) is 0 Å². The summed E-state index contributed by atoms with van der Waals surface area (Å²) in [5.74, 6) is 1.48. The van der Waals surface area contributed by atoms with Gasteiger partial charge in [0.2, 0.25) is 0 Å². The Morgan fingerprint density at radius 1 is 1.04 bits per heavy atom. The number of esters is 2. The molecule has 7 atom stereocenters. The number of allylic oxidation sites excluding steroid dienone is 1. The average Bonchev–Trinajstić information content (AvgIpc) is 2.91. The molecule has 0 amide bonds. The molecule has 0 aliphatic heterocycles. The molecular formula is C22H30O5. The Morgan fingerprint density at radius 2 is 1.78 bits per heavy atom. The molecule has 3 saturated carbocycles. The third-order valence-corrected chi connectivity index (χ3v) is 7.89.